The number of ether oxygens (including phenoxy) is 1. The van der Waals surface area contributed by atoms with E-state index in [1.165, 1.54) is 16.3 Å². The predicted molar refractivity (Wildman–Crippen MR) is 196 cm³/mol. The minimum absolute atomic E-state index is 0.148. The number of aryl methyl sites for hydroxylation is 1. The van der Waals surface area contributed by atoms with Gasteiger partial charge in [-0.2, -0.15) is 0 Å². The van der Waals surface area contributed by atoms with Crippen LogP contribution in [0.25, 0.3) is 45.3 Å². The molecule has 0 N–H and O–H groups in total. The van der Waals surface area contributed by atoms with E-state index in [1.807, 2.05) is 42.6 Å². The zero-order chi connectivity index (χ0) is 32.8. The van der Waals surface area contributed by atoms with Crippen LogP contribution in [0, 0.1) is 0 Å². The number of halogens is 2. The van der Waals surface area contributed by atoms with Crippen LogP contribution in [0.3, 0.4) is 0 Å². The summed E-state index contributed by atoms with van der Waals surface area (Å²) in [5.41, 5.74) is 6.11. The fraction of sp³-hybridized carbons (Fsp3) is 0.171. The fourth-order valence-electron chi connectivity index (χ4n) is 5.99. The predicted octanol–water partition coefficient (Wildman–Crippen LogP) is 11.4. The molecule has 0 spiro atoms. The molecule has 236 valence electrons. The van der Waals surface area contributed by atoms with Crippen LogP contribution in [0.5, 0.6) is 5.75 Å². The number of hydrogen-bond acceptors (Lipinski definition) is 3. The summed E-state index contributed by atoms with van der Waals surface area (Å²) in [6.45, 7) is 2.80. The molecule has 6 heteroatoms. The Morgan fingerprint density at radius 2 is 1.60 bits per heavy atom. The van der Waals surface area contributed by atoms with Gasteiger partial charge in [0.25, 0.3) is 0 Å². The van der Waals surface area contributed by atoms with Crippen LogP contribution >= 0.6 is 23.2 Å². The number of aromatic nitrogens is 2. The number of carbonyl (C=O) groups is 1. The number of Topliss-reactive ketones (excluding diaryl/α,β-unsaturated/α-hetero) is 1. The van der Waals surface area contributed by atoms with Crippen LogP contribution in [0.15, 0.2) is 115 Å². The second-order valence-corrected chi connectivity index (χ2v) is 12.6. The molecule has 0 radical (unpaired) electrons. The van der Waals surface area contributed by atoms with Crippen molar-refractivity contribution in [3.05, 3.63) is 142 Å². The highest BCUT2D eigenvalue weighted by atomic mass is 35.5. The standard InChI is InChI=1S/C41H36Cl2N2O2/c1-28(36-11-5-8-32-7-3-4-10-37(32)36)25-34(46)9-6-24-45-27-40(38-22-19-33(42)26-39(38)43)44-41(45)23-14-29-12-15-30(16-13-29)31-17-20-35(47-2)21-18-31/h3-5,7-8,10-23,26-28H,6,9,24-25H2,1-2H3/b23-14+. The average Bonchev–Trinajstić information content (AvgIpc) is 3.49. The Labute approximate surface area is 286 Å². The average molecular weight is 660 g/mol. The molecule has 6 rings (SSSR count). The van der Waals surface area contributed by atoms with E-state index in [0.717, 1.165) is 39.5 Å². The Hall–Kier alpha value is -4.64. The molecule has 1 aromatic heterocycles. The van der Waals surface area contributed by atoms with E-state index in [9.17, 15) is 4.79 Å². The molecular formula is C41H36Cl2N2O2. The van der Waals surface area contributed by atoms with Gasteiger partial charge in [0.1, 0.15) is 17.4 Å². The van der Waals surface area contributed by atoms with E-state index in [2.05, 4.69) is 90.4 Å². The Morgan fingerprint density at radius 3 is 2.34 bits per heavy atom. The summed E-state index contributed by atoms with van der Waals surface area (Å²) in [5, 5.41) is 3.54. The molecule has 0 saturated carbocycles. The minimum atomic E-state index is 0.148. The first-order chi connectivity index (χ1) is 22.9. The molecule has 1 heterocycles. The van der Waals surface area contributed by atoms with Gasteiger partial charge < -0.3 is 9.30 Å². The van der Waals surface area contributed by atoms with Gasteiger partial charge in [0.2, 0.25) is 0 Å². The fourth-order valence-corrected chi connectivity index (χ4v) is 6.50. The Kier molecular flexibility index (Phi) is 10.2. The summed E-state index contributed by atoms with van der Waals surface area (Å²) in [6, 6.07) is 36.6. The van der Waals surface area contributed by atoms with Crippen molar-refractivity contribution in [3.8, 4) is 28.1 Å². The third-order valence-electron chi connectivity index (χ3n) is 8.52. The van der Waals surface area contributed by atoms with Crippen LogP contribution in [0.1, 0.15) is 49.1 Å². The van der Waals surface area contributed by atoms with Crippen molar-refractivity contribution in [2.24, 2.45) is 0 Å². The zero-order valence-corrected chi connectivity index (χ0v) is 28.0. The second-order valence-electron chi connectivity index (χ2n) is 11.8. The number of hydrogen-bond donors (Lipinski definition) is 0. The third-order valence-corrected chi connectivity index (χ3v) is 9.06. The highest BCUT2D eigenvalue weighted by Gasteiger charge is 2.15. The van der Waals surface area contributed by atoms with E-state index < -0.39 is 0 Å². The molecule has 5 aromatic carbocycles. The number of benzene rings is 5. The molecule has 0 aliphatic heterocycles. The quantitative estimate of drug-likeness (QED) is 0.131. The van der Waals surface area contributed by atoms with E-state index in [4.69, 9.17) is 32.9 Å². The molecule has 0 fully saturated rings. The van der Waals surface area contributed by atoms with Gasteiger partial charge in [-0.3, -0.25) is 4.79 Å². The first kappa shape index (κ1) is 32.3. The monoisotopic (exact) mass is 658 g/mol. The van der Waals surface area contributed by atoms with Crippen LogP contribution in [0.4, 0.5) is 0 Å². The van der Waals surface area contributed by atoms with E-state index in [0.29, 0.717) is 35.9 Å². The molecule has 1 atom stereocenters. The molecule has 47 heavy (non-hydrogen) atoms. The Bertz CT molecular complexity index is 2020. The van der Waals surface area contributed by atoms with Gasteiger partial charge in [-0.15, -0.1) is 0 Å². The van der Waals surface area contributed by atoms with Crippen molar-refractivity contribution < 1.29 is 9.53 Å². The number of ketones is 1. The summed E-state index contributed by atoms with van der Waals surface area (Å²) in [6.07, 6.45) is 7.80. The maximum atomic E-state index is 13.1. The van der Waals surface area contributed by atoms with Crippen LogP contribution in [-0.4, -0.2) is 22.4 Å². The van der Waals surface area contributed by atoms with Crippen molar-refractivity contribution >= 4 is 51.9 Å². The molecule has 0 aliphatic carbocycles. The highest BCUT2D eigenvalue weighted by Crippen LogP contribution is 2.31. The Balaban J connectivity index is 1.16. The number of imidazole rings is 1. The third kappa shape index (κ3) is 7.85. The molecule has 4 nitrogen and oxygen atoms in total. The van der Waals surface area contributed by atoms with Crippen LogP contribution in [0.2, 0.25) is 10.0 Å². The van der Waals surface area contributed by atoms with Crippen LogP contribution in [-0.2, 0) is 11.3 Å². The number of nitrogens with zero attached hydrogens (tertiary/aromatic N) is 2. The second kappa shape index (κ2) is 14.8. The van der Waals surface area contributed by atoms with Crippen molar-refractivity contribution in [3.63, 3.8) is 0 Å². The van der Waals surface area contributed by atoms with Gasteiger partial charge in [0.05, 0.1) is 17.8 Å². The van der Waals surface area contributed by atoms with Gasteiger partial charge in [-0.1, -0.05) is 115 Å². The molecular weight excluding hydrogens is 623 g/mol. The van der Waals surface area contributed by atoms with Crippen LogP contribution < -0.4 is 4.74 Å². The van der Waals surface area contributed by atoms with E-state index in [1.54, 1.807) is 13.2 Å². The zero-order valence-electron chi connectivity index (χ0n) is 26.5. The van der Waals surface area contributed by atoms with Crippen molar-refractivity contribution in [1.29, 1.82) is 0 Å². The molecule has 1 unspecified atom stereocenters. The molecule has 0 amide bonds. The van der Waals surface area contributed by atoms with Gasteiger partial charge >= 0.3 is 0 Å². The van der Waals surface area contributed by atoms with Gasteiger partial charge in [-0.05, 0) is 81.8 Å². The largest absolute Gasteiger partial charge is 0.497 e. The maximum absolute atomic E-state index is 13.1. The maximum Gasteiger partial charge on any atom is 0.133 e. The molecule has 0 saturated heterocycles. The smallest absolute Gasteiger partial charge is 0.133 e. The number of methoxy groups -OCH3 is 1. The Morgan fingerprint density at radius 1 is 0.872 bits per heavy atom. The lowest BCUT2D eigenvalue weighted by Gasteiger charge is -2.14. The van der Waals surface area contributed by atoms with Crippen molar-refractivity contribution in [2.45, 2.75) is 38.6 Å². The summed E-state index contributed by atoms with van der Waals surface area (Å²) < 4.78 is 7.38. The highest BCUT2D eigenvalue weighted by molar-refractivity contribution is 6.36. The first-order valence-electron chi connectivity index (χ1n) is 15.8. The van der Waals surface area contributed by atoms with E-state index >= 15 is 0 Å². The lowest BCUT2D eigenvalue weighted by molar-refractivity contribution is -0.119. The summed E-state index contributed by atoms with van der Waals surface area (Å²) >= 11 is 12.7. The van der Waals surface area contributed by atoms with E-state index in [-0.39, 0.29) is 11.7 Å². The first-order valence-corrected chi connectivity index (χ1v) is 16.6. The topological polar surface area (TPSA) is 44.1 Å². The number of fused-ring (bicyclic) bond motifs is 1. The molecule has 0 aliphatic rings. The summed E-state index contributed by atoms with van der Waals surface area (Å²) in [5.74, 6) is 2.04. The minimum Gasteiger partial charge on any atom is -0.497 e. The molecule has 0 bridgehead atoms. The normalized spacial score (nSPS) is 12.1. The number of carbonyl (C=O) groups excluding carboxylic acids is 1. The lowest BCUT2D eigenvalue weighted by atomic mass is 9.90. The summed E-state index contributed by atoms with van der Waals surface area (Å²) in [7, 11) is 1.67. The summed E-state index contributed by atoms with van der Waals surface area (Å²) in [4.78, 5) is 18.1. The number of rotatable bonds is 12. The van der Waals surface area contributed by atoms with Crippen molar-refractivity contribution in [2.75, 3.05) is 7.11 Å². The van der Waals surface area contributed by atoms with Gasteiger partial charge in [0.15, 0.2) is 0 Å². The SMILES string of the molecule is COc1ccc(-c2ccc(/C=C/c3nc(-c4ccc(Cl)cc4Cl)cn3CCCC(=O)CC(C)c3cccc4ccccc34)cc2)cc1. The van der Waals surface area contributed by atoms with Gasteiger partial charge in [-0.25, -0.2) is 4.98 Å². The van der Waals surface area contributed by atoms with Gasteiger partial charge in [0, 0.05) is 36.2 Å². The lowest BCUT2D eigenvalue weighted by Crippen LogP contribution is -2.07. The molecule has 6 aromatic rings. The van der Waals surface area contributed by atoms with Crippen molar-refractivity contribution in [1.82, 2.24) is 9.55 Å².